The number of ether oxygens (including phenoxy) is 1. The maximum atomic E-state index is 12.7. The Bertz CT molecular complexity index is 1070. The van der Waals surface area contributed by atoms with Crippen molar-refractivity contribution in [2.24, 2.45) is 0 Å². The number of hydrogen-bond acceptors (Lipinski definition) is 6. The molecule has 1 atom stereocenters. The van der Waals surface area contributed by atoms with Crippen LogP contribution in [0.15, 0.2) is 24.3 Å². The highest BCUT2D eigenvalue weighted by atomic mass is 32.2. The predicted octanol–water partition coefficient (Wildman–Crippen LogP) is 2.22. The van der Waals surface area contributed by atoms with E-state index in [9.17, 15) is 13.2 Å². The number of carbonyl (C=O) groups is 1. The molecule has 9 nitrogen and oxygen atoms in total. The van der Waals surface area contributed by atoms with Crippen LogP contribution >= 0.6 is 0 Å². The van der Waals surface area contributed by atoms with Gasteiger partial charge in [0.15, 0.2) is 9.84 Å². The van der Waals surface area contributed by atoms with E-state index < -0.39 is 9.84 Å². The van der Waals surface area contributed by atoms with Crippen molar-refractivity contribution < 1.29 is 17.9 Å². The molecule has 10 heteroatoms. The highest BCUT2D eigenvalue weighted by Crippen LogP contribution is 2.31. The Morgan fingerprint density at radius 3 is 2.58 bits per heavy atom. The van der Waals surface area contributed by atoms with Gasteiger partial charge in [0.25, 0.3) is 0 Å². The average molecular weight is 448 g/mol. The quantitative estimate of drug-likeness (QED) is 0.772. The molecule has 4 rings (SSSR count). The number of piperazine rings is 1. The summed E-state index contributed by atoms with van der Waals surface area (Å²) < 4.78 is 30.9. The van der Waals surface area contributed by atoms with Crippen LogP contribution in [0.3, 0.4) is 0 Å². The zero-order chi connectivity index (χ0) is 22.2. The molecule has 2 aliphatic rings. The van der Waals surface area contributed by atoms with Gasteiger partial charge in [-0.05, 0) is 32.4 Å². The van der Waals surface area contributed by atoms with Crippen LogP contribution in [-0.4, -0.2) is 73.9 Å². The Kier molecular flexibility index (Phi) is 5.83. The number of sulfone groups is 1. The van der Waals surface area contributed by atoms with Crippen molar-refractivity contribution in [1.82, 2.24) is 14.7 Å². The van der Waals surface area contributed by atoms with Gasteiger partial charge < -0.3 is 19.9 Å². The van der Waals surface area contributed by atoms with Crippen molar-refractivity contribution in [3.63, 3.8) is 0 Å². The number of hydrogen-bond donors (Lipinski definition) is 1. The summed E-state index contributed by atoms with van der Waals surface area (Å²) in [7, 11) is -1.37. The molecule has 0 bridgehead atoms. The summed E-state index contributed by atoms with van der Waals surface area (Å²) in [6, 6.07) is 7.07. The van der Waals surface area contributed by atoms with E-state index in [2.05, 4.69) is 15.3 Å². The van der Waals surface area contributed by atoms with Gasteiger partial charge in [-0.2, -0.15) is 5.10 Å². The van der Waals surface area contributed by atoms with E-state index in [-0.39, 0.29) is 23.6 Å². The molecule has 0 aliphatic carbocycles. The van der Waals surface area contributed by atoms with Crippen molar-refractivity contribution in [1.29, 1.82) is 0 Å². The number of nitrogens with zero attached hydrogens (tertiary/aromatic N) is 4. The van der Waals surface area contributed by atoms with Crippen molar-refractivity contribution >= 4 is 27.2 Å². The third kappa shape index (κ3) is 4.48. The average Bonchev–Trinajstić information content (AvgIpc) is 3.26. The summed E-state index contributed by atoms with van der Waals surface area (Å²) in [5.41, 5.74) is 3.65. The molecule has 31 heavy (non-hydrogen) atoms. The molecule has 2 fully saturated rings. The SMILES string of the molecule is COc1cccc(NC(=O)N2CCN(c3c(C)nn(C4CCS(=O)(=O)C4)c3C)CC2)c1. The number of rotatable bonds is 4. The van der Waals surface area contributed by atoms with Crippen LogP contribution in [0.5, 0.6) is 5.75 Å². The lowest BCUT2D eigenvalue weighted by atomic mass is 10.2. The van der Waals surface area contributed by atoms with Gasteiger partial charge in [-0.15, -0.1) is 0 Å². The minimum absolute atomic E-state index is 0.0904. The summed E-state index contributed by atoms with van der Waals surface area (Å²) in [5, 5.41) is 7.59. The minimum atomic E-state index is -2.97. The van der Waals surface area contributed by atoms with Crippen molar-refractivity contribution in [3.05, 3.63) is 35.7 Å². The normalized spacial score (nSPS) is 20.7. The number of aryl methyl sites for hydroxylation is 1. The summed E-state index contributed by atoms with van der Waals surface area (Å²) in [6.07, 6.45) is 0.613. The zero-order valence-corrected chi connectivity index (χ0v) is 19.0. The van der Waals surface area contributed by atoms with Gasteiger partial charge in [0.1, 0.15) is 5.75 Å². The first kappa shape index (κ1) is 21.5. The van der Waals surface area contributed by atoms with Crippen LogP contribution in [0.2, 0.25) is 0 Å². The molecular formula is C21H29N5O4S. The van der Waals surface area contributed by atoms with Gasteiger partial charge in [-0.1, -0.05) is 6.07 Å². The van der Waals surface area contributed by atoms with Gasteiger partial charge in [0, 0.05) is 37.9 Å². The molecular weight excluding hydrogens is 418 g/mol. The van der Waals surface area contributed by atoms with Crippen LogP contribution in [0, 0.1) is 13.8 Å². The lowest BCUT2D eigenvalue weighted by Crippen LogP contribution is -2.50. The first-order valence-corrected chi connectivity index (χ1v) is 12.3. The number of amides is 2. The fraction of sp³-hybridized carbons (Fsp3) is 0.524. The number of nitrogens with one attached hydrogen (secondary N) is 1. The highest BCUT2D eigenvalue weighted by Gasteiger charge is 2.33. The monoisotopic (exact) mass is 447 g/mol. The van der Waals surface area contributed by atoms with Gasteiger partial charge >= 0.3 is 6.03 Å². The van der Waals surface area contributed by atoms with Crippen LogP contribution < -0.4 is 15.0 Å². The lowest BCUT2D eigenvalue weighted by Gasteiger charge is -2.36. The molecule has 0 radical (unpaired) electrons. The number of benzene rings is 1. The molecule has 0 spiro atoms. The van der Waals surface area contributed by atoms with Gasteiger partial charge in [0.05, 0.1) is 41.7 Å². The summed E-state index contributed by atoms with van der Waals surface area (Å²) in [6.45, 7) is 6.55. The summed E-state index contributed by atoms with van der Waals surface area (Å²) in [4.78, 5) is 16.7. The van der Waals surface area contributed by atoms with E-state index in [1.54, 1.807) is 18.1 Å². The Morgan fingerprint density at radius 1 is 1.19 bits per heavy atom. The number of carbonyl (C=O) groups excluding carboxylic acids is 1. The third-order valence-electron chi connectivity index (χ3n) is 6.05. The topological polar surface area (TPSA) is 96.8 Å². The number of methoxy groups -OCH3 is 1. The molecule has 2 aromatic rings. The van der Waals surface area contributed by atoms with Gasteiger partial charge in [0.2, 0.25) is 0 Å². The van der Waals surface area contributed by atoms with Crippen molar-refractivity contribution in [2.45, 2.75) is 26.3 Å². The Balaban J connectivity index is 1.40. The second-order valence-corrected chi connectivity index (χ2v) is 10.4. The van der Waals surface area contributed by atoms with Gasteiger partial charge in [-0.3, -0.25) is 4.68 Å². The number of anilines is 2. The highest BCUT2D eigenvalue weighted by molar-refractivity contribution is 7.91. The van der Waals surface area contributed by atoms with Crippen molar-refractivity contribution in [2.75, 3.05) is 55.0 Å². The van der Waals surface area contributed by atoms with E-state index in [0.29, 0.717) is 44.0 Å². The number of aromatic nitrogens is 2. The molecule has 1 aromatic carbocycles. The standard InChI is InChI=1S/C21H29N5O4S/c1-15-20(16(2)26(23-15)18-7-12-31(28,29)14-18)24-8-10-25(11-9-24)21(27)22-17-5-4-6-19(13-17)30-3/h4-6,13,18H,7-12,14H2,1-3H3,(H,22,27). The largest absolute Gasteiger partial charge is 0.497 e. The molecule has 1 N–H and O–H groups in total. The Hall–Kier alpha value is -2.75. The van der Waals surface area contributed by atoms with Gasteiger partial charge in [-0.25, -0.2) is 13.2 Å². The molecule has 1 aromatic heterocycles. The summed E-state index contributed by atoms with van der Waals surface area (Å²) >= 11 is 0. The first-order valence-electron chi connectivity index (χ1n) is 10.5. The van der Waals surface area contributed by atoms with Crippen LogP contribution in [-0.2, 0) is 9.84 Å². The second kappa shape index (κ2) is 8.41. The lowest BCUT2D eigenvalue weighted by molar-refractivity contribution is 0.208. The molecule has 0 saturated carbocycles. The van der Waals surface area contributed by atoms with E-state index in [1.165, 1.54) is 0 Å². The van der Waals surface area contributed by atoms with E-state index in [1.807, 2.05) is 36.7 Å². The molecule has 1 unspecified atom stereocenters. The maximum Gasteiger partial charge on any atom is 0.321 e. The van der Waals surface area contributed by atoms with Crippen molar-refractivity contribution in [3.8, 4) is 5.75 Å². The molecule has 168 valence electrons. The van der Waals surface area contributed by atoms with Crippen LogP contribution in [0.1, 0.15) is 23.9 Å². The Labute approximate surface area is 182 Å². The maximum absolute atomic E-state index is 12.7. The molecule has 2 saturated heterocycles. The molecule has 3 heterocycles. The smallest absolute Gasteiger partial charge is 0.321 e. The summed E-state index contributed by atoms with van der Waals surface area (Å²) in [5.74, 6) is 1.08. The molecule has 2 amide bonds. The fourth-order valence-electron chi connectivity index (χ4n) is 4.47. The van der Waals surface area contributed by atoms with E-state index >= 15 is 0 Å². The zero-order valence-electron chi connectivity index (χ0n) is 18.2. The van der Waals surface area contributed by atoms with Crippen LogP contribution in [0.4, 0.5) is 16.2 Å². The van der Waals surface area contributed by atoms with E-state index in [4.69, 9.17) is 4.74 Å². The Morgan fingerprint density at radius 2 is 1.94 bits per heavy atom. The fourth-order valence-corrected chi connectivity index (χ4v) is 6.16. The van der Waals surface area contributed by atoms with E-state index in [0.717, 1.165) is 17.1 Å². The molecule has 2 aliphatic heterocycles. The first-order chi connectivity index (χ1) is 14.8. The van der Waals surface area contributed by atoms with Crippen LogP contribution in [0.25, 0.3) is 0 Å². The minimum Gasteiger partial charge on any atom is -0.497 e. The second-order valence-electron chi connectivity index (χ2n) is 8.16. The third-order valence-corrected chi connectivity index (χ3v) is 7.80. The predicted molar refractivity (Wildman–Crippen MR) is 120 cm³/mol. The number of urea groups is 1.